The summed E-state index contributed by atoms with van der Waals surface area (Å²) in [6.07, 6.45) is 1.50. The van der Waals surface area contributed by atoms with Crippen molar-refractivity contribution < 1.29 is 28.2 Å². The number of cyclic esters (lactones) is 1. The number of methoxy groups -OCH3 is 1. The minimum absolute atomic E-state index is 0.0747. The van der Waals surface area contributed by atoms with Crippen LogP contribution in [0.5, 0.6) is 11.5 Å². The van der Waals surface area contributed by atoms with Crippen molar-refractivity contribution in [3.05, 3.63) is 65.1 Å². The molecular weight excluding hydrogens is 365 g/mol. The fourth-order valence-electron chi connectivity index (χ4n) is 2.37. The van der Waals surface area contributed by atoms with Crippen LogP contribution in [0.3, 0.4) is 0 Å². The van der Waals surface area contributed by atoms with Gasteiger partial charge in [0.25, 0.3) is 0 Å². The van der Waals surface area contributed by atoms with Crippen LogP contribution in [0.2, 0.25) is 0 Å². The first-order valence-corrected chi connectivity index (χ1v) is 8.55. The summed E-state index contributed by atoms with van der Waals surface area (Å²) in [5.41, 5.74) is 1.13. The second-order valence-corrected chi connectivity index (χ2v) is 6.33. The van der Waals surface area contributed by atoms with Crippen LogP contribution in [0.15, 0.2) is 53.2 Å². The Morgan fingerprint density at radius 3 is 2.50 bits per heavy atom. The molecule has 144 valence electrons. The normalized spacial score (nSPS) is 14.8. The van der Waals surface area contributed by atoms with Crippen molar-refractivity contribution in [2.75, 3.05) is 7.11 Å². The Balaban J connectivity index is 1.90. The van der Waals surface area contributed by atoms with Crippen LogP contribution < -0.4 is 9.47 Å². The second-order valence-electron chi connectivity index (χ2n) is 6.33. The number of halogens is 1. The zero-order valence-electron chi connectivity index (χ0n) is 15.6. The minimum atomic E-state index is -0.629. The molecule has 1 aliphatic heterocycles. The standard InChI is InChI=1S/C21H18FNO5/c1-12(2)20(24)27-18-11-13(4-9-17(18)26-3)10-16-21(25)28-19(23-16)14-5-7-15(22)8-6-14/h4-12H,1-3H3. The van der Waals surface area contributed by atoms with Crippen molar-refractivity contribution >= 4 is 23.9 Å². The van der Waals surface area contributed by atoms with Gasteiger partial charge in [-0.1, -0.05) is 19.9 Å². The summed E-state index contributed by atoms with van der Waals surface area (Å²) in [7, 11) is 1.47. The van der Waals surface area contributed by atoms with Crippen LogP contribution in [0.25, 0.3) is 6.08 Å². The Bertz CT molecular complexity index is 977. The van der Waals surface area contributed by atoms with Crippen LogP contribution in [0.1, 0.15) is 25.0 Å². The highest BCUT2D eigenvalue weighted by Gasteiger charge is 2.24. The Morgan fingerprint density at radius 2 is 1.86 bits per heavy atom. The molecule has 1 heterocycles. The van der Waals surface area contributed by atoms with Crippen LogP contribution in [0.4, 0.5) is 4.39 Å². The number of carbonyl (C=O) groups is 2. The van der Waals surface area contributed by atoms with Gasteiger partial charge in [-0.15, -0.1) is 0 Å². The molecular formula is C21H18FNO5. The maximum absolute atomic E-state index is 13.0. The molecule has 0 aliphatic carbocycles. The molecule has 28 heavy (non-hydrogen) atoms. The Hall–Kier alpha value is -3.48. The highest BCUT2D eigenvalue weighted by molar-refractivity contribution is 6.12. The van der Waals surface area contributed by atoms with Crippen molar-refractivity contribution in [3.63, 3.8) is 0 Å². The van der Waals surface area contributed by atoms with Gasteiger partial charge in [-0.2, -0.15) is 0 Å². The summed E-state index contributed by atoms with van der Waals surface area (Å²) < 4.78 is 28.8. The van der Waals surface area contributed by atoms with Gasteiger partial charge < -0.3 is 14.2 Å². The molecule has 2 aromatic rings. The molecule has 0 atom stereocenters. The third kappa shape index (κ3) is 4.25. The number of benzene rings is 2. The predicted molar refractivity (Wildman–Crippen MR) is 100 cm³/mol. The van der Waals surface area contributed by atoms with Gasteiger partial charge in [-0.25, -0.2) is 14.2 Å². The zero-order chi connectivity index (χ0) is 20.3. The molecule has 0 unspecified atom stereocenters. The van der Waals surface area contributed by atoms with Gasteiger partial charge in [0.05, 0.1) is 13.0 Å². The van der Waals surface area contributed by atoms with Gasteiger partial charge >= 0.3 is 11.9 Å². The third-order valence-electron chi connectivity index (χ3n) is 3.88. The van der Waals surface area contributed by atoms with E-state index in [9.17, 15) is 14.0 Å². The highest BCUT2D eigenvalue weighted by Crippen LogP contribution is 2.30. The van der Waals surface area contributed by atoms with E-state index in [1.165, 1.54) is 37.5 Å². The molecule has 0 saturated heterocycles. The first kappa shape index (κ1) is 19.3. The SMILES string of the molecule is COc1ccc(C=C2N=C(c3ccc(F)cc3)OC2=O)cc1OC(=O)C(C)C. The summed E-state index contributed by atoms with van der Waals surface area (Å²) in [5, 5.41) is 0. The number of esters is 2. The van der Waals surface area contributed by atoms with Gasteiger partial charge in [0, 0.05) is 5.56 Å². The number of aliphatic imine (C=N–C) groups is 1. The molecule has 0 saturated carbocycles. The summed E-state index contributed by atoms with van der Waals surface area (Å²) >= 11 is 0. The molecule has 6 nitrogen and oxygen atoms in total. The number of nitrogens with zero attached hydrogens (tertiary/aromatic N) is 1. The largest absolute Gasteiger partial charge is 0.493 e. The van der Waals surface area contributed by atoms with Crippen molar-refractivity contribution in [2.45, 2.75) is 13.8 Å². The monoisotopic (exact) mass is 383 g/mol. The molecule has 0 fully saturated rings. The number of hydrogen-bond donors (Lipinski definition) is 0. The molecule has 0 amide bonds. The molecule has 0 aromatic heterocycles. The average molecular weight is 383 g/mol. The van der Waals surface area contributed by atoms with Crippen molar-refractivity contribution in [3.8, 4) is 11.5 Å². The van der Waals surface area contributed by atoms with Crippen LogP contribution in [-0.4, -0.2) is 24.9 Å². The van der Waals surface area contributed by atoms with E-state index in [2.05, 4.69) is 4.99 Å². The van der Waals surface area contributed by atoms with Crippen molar-refractivity contribution in [1.29, 1.82) is 0 Å². The number of ether oxygens (including phenoxy) is 3. The third-order valence-corrected chi connectivity index (χ3v) is 3.88. The lowest BCUT2D eigenvalue weighted by Crippen LogP contribution is -2.15. The summed E-state index contributed by atoms with van der Waals surface area (Å²) in [6.45, 7) is 3.45. The van der Waals surface area contributed by atoms with E-state index in [-0.39, 0.29) is 23.3 Å². The average Bonchev–Trinajstić information content (AvgIpc) is 3.03. The van der Waals surface area contributed by atoms with E-state index in [1.54, 1.807) is 32.0 Å². The molecule has 7 heteroatoms. The maximum Gasteiger partial charge on any atom is 0.363 e. The van der Waals surface area contributed by atoms with Gasteiger partial charge in [0.1, 0.15) is 5.82 Å². The van der Waals surface area contributed by atoms with Crippen LogP contribution in [-0.2, 0) is 14.3 Å². The first-order valence-electron chi connectivity index (χ1n) is 8.55. The quantitative estimate of drug-likeness (QED) is 0.447. The molecule has 3 rings (SSSR count). The molecule has 0 N–H and O–H groups in total. The molecule has 0 radical (unpaired) electrons. The molecule has 1 aliphatic rings. The van der Waals surface area contributed by atoms with Gasteiger partial charge in [0.15, 0.2) is 17.2 Å². The number of rotatable bonds is 5. The fraction of sp³-hybridized carbons (Fsp3) is 0.190. The van der Waals surface area contributed by atoms with E-state index >= 15 is 0 Å². The second kappa shape index (κ2) is 8.04. The number of carbonyl (C=O) groups excluding carboxylic acids is 2. The summed E-state index contributed by atoms with van der Waals surface area (Å²) in [6, 6.07) is 10.4. The van der Waals surface area contributed by atoms with Gasteiger partial charge in [-0.05, 0) is 48.0 Å². The first-order chi connectivity index (χ1) is 13.4. The lowest BCUT2D eigenvalue weighted by Gasteiger charge is -2.11. The smallest absolute Gasteiger partial charge is 0.363 e. The Kier molecular flexibility index (Phi) is 5.54. The summed E-state index contributed by atoms with van der Waals surface area (Å²) in [4.78, 5) is 28.2. The Labute approximate surface area is 161 Å². The molecule has 2 aromatic carbocycles. The van der Waals surface area contributed by atoms with Crippen LogP contribution in [0, 0.1) is 11.7 Å². The topological polar surface area (TPSA) is 74.2 Å². The number of hydrogen-bond acceptors (Lipinski definition) is 6. The lowest BCUT2D eigenvalue weighted by atomic mass is 10.1. The maximum atomic E-state index is 13.0. The highest BCUT2D eigenvalue weighted by atomic mass is 19.1. The fourth-order valence-corrected chi connectivity index (χ4v) is 2.37. The summed E-state index contributed by atoms with van der Waals surface area (Å²) in [5.74, 6) is -1.01. The van der Waals surface area contributed by atoms with E-state index in [0.29, 0.717) is 16.9 Å². The zero-order valence-corrected chi connectivity index (χ0v) is 15.6. The van der Waals surface area contributed by atoms with E-state index in [1.807, 2.05) is 0 Å². The van der Waals surface area contributed by atoms with Gasteiger partial charge in [0.2, 0.25) is 5.90 Å². The molecule has 0 spiro atoms. The lowest BCUT2D eigenvalue weighted by molar-refractivity contribution is -0.137. The van der Waals surface area contributed by atoms with Gasteiger partial charge in [-0.3, -0.25) is 4.79 Å². The molecule has 0 bridgehead atoms. The van der Waals surface area contributed by atoms with Crippen molar-refractivity contribution in [2.24, 2.45) is 10.9 Å². The van der Waals surface area contributed by atoms with Crippen molar-refractivity contribution in [1.82, 2.24) is 0 Å². The minimum Gasteiger partial charge on any atom is -0.493 e. The Morgan fingerprint density at radius 1 is 1.14 bits per heavy atom. The van der Waals surface area contributed by atoms with E-state index in [4.69, 9.17) is 14.2 Å². The van der Waals surface area contributed by atoms with E-state index in [0.717, 1.165) is 0 Å². The van der Waals surface area contributed by atoms with E-state index < -0.39 is 17.8 Å². The predicted octanol–water partition coefficient (Wildman–Crippen LogP) is 3.74. The van der Waals surface area contributed by atoms with Crippen LogP contribution >= 0.6 is 0 Å².